The van der Waals surface area contributed by atoms with Crippen molar-refractivity contribution in [3.63, 3.8) is 0 Å². The first-order chi connectivity index (χ1) is 16.3. The Kier molecular flexibility index (Phi) is 10.3. The second-order valence-corrected chi connectivity index (χ2v) is 7.82. The summed E-state index contributed by atoms with van der Waals surface area (Å²) in [7, 11) is 1.46. The Morgan fingerprint density at radius 3 is 2.50 bits per heavy atom. The molecule has 0 spiro atoms. The molecule has 2 amide bonds. The molecule has 0 radical (unpaired) electrons. The molecule has 1 atom stereocenters. The van der Waals surface area contributed by atoms with Crippen LogP contribution in [0.25, 0.3) is 0 Å². The highest BCUT2D eigenvalue weighted by molar-refractivity contribution is 6.33. The molecule has 34 heavy (non-hydrogen) atoms. The van der Waals surface area contributed by atoms with E-state index in [0.29, 0.717) is 22.1 Å². The number of ether oxygens (including phenoxy) is 3. The number of nitrogens with one attached hydrogen (secondary N) is 2. The summed E-state index contributed by atoms with van der Waals surface area (Å²) < 4.78 is 15.5. The Hall–Kier alpha value is -3.59. The Balaban J connectivity index is 2.01. The van der Waals surface area contributed by atoms with Crippen molar-refractivity contribution in [2.45, 2.75) is 26.8 Å². The van der Waals surface area contributed by atoms with Gasteiger partial charge >= 0.3 is 5.97 Å². The number of hydrazone groups is 1. The smallest absolute Gasteiger partial charge is 0.344 e. The highest BCUT2D eigenvalue weighted by atomic mass is 35.5. The largest absolute Gasteiger partial charge is 0.493 e. The van der Waals surface area contributed by atoms with Crippen LogP contribution in [0.3, 0.4) is 0 Å². The standard InChI is InChI=1S/C24H28ClN3O6/c1-5-33-21(29)14-34-19-11-10-16(12-20(19)32-4)13-26-28-24(31)22(15(2)3)27-23(30)17-8-6-7-9-18(17)25/h6-13,15,22H,5,14H2,1-4H3,(H,27,30)(H,28,31)/b26-13+. The number of rotatable bonds is 11. The van der Waals surface area contributed by atoms with Crippen LogP contribution in [0.1, 0.15) is 36.7 Å². The summed E-state index contributed by atoms with van der Waals surface area (Å²) in [5.41, 5.74) is 3.33. The zero-order valence-electron chi connectivity index (χ0n) is 19.5. The van der Waals surface area contributed by atoms with Gasteiger partial charge in [-0.1, -0.05) is 37.6 Å². The molecule has 0 fully saturated rings. The molecule has 2 N–H and O–H groups in total. The predicted octanol–water partition coefficient (Wildman–Crippen LogP) is 3.20. The molecule has 10 heteroatoms. The molecule has 0 heterocycles. The van der Waals surface area contributed by atoms with Crippen LogP contribution < -0.4 is 20.2 Å². The van der Waals surface area contributed by atoms with Crippen LogP contribution in [0.2, 0.25) is 5.02 Å². The van der Waals surface area contributed by atoms with Gasteiger partial charge in [0.25, 0.3) is 11.8 Å². The number of carbonyl (C=O) groups is 3. The van der Waals surface area contributed by atoms with E-state index in [1.807, 2.05) is 0 Å². The molecule has 0 saturated carbocycles. The summed E-state index contributed by atoms with van der Waals surface area (Å²) in [5, 5.41) is 6.97. The van der Waals surface area contributed by atoms with Crippen LogP contribution in [0.4, 0.5) is 0 Å². The second kappa shape index (κ2) is 13.2. The maximum Gasteiger partial charge on any atom is 0.344 e. The Morgan fingerprint density at radius 2 is 1.85 bits per heavy atom. The van der Waals surface area contributed by atoms with Gasteiger partial charge in [-0.25, -0.2) is 10.2 Å². The summed E-state index contributed by atoms with van der Waals surface area (Å²) >= 11 is 6.07. The van der Waals surface area contributed by atoms with Gasteiger partial charge in [0.05, 0.1) is 30.5 Å². The van der Waals surface area contributed by atoms with Gasteiger partial charge in [0, 0.05) is 0 Å². The normalized spacial score (nSPS) is 11.7. The highest BCUT2D eigenvalue weighted by Crippen LogP contribution is 2.27. The zero-order chi connectivity index (χ0) is 25.1. The Labute approximate surface area is 203 Å². The number of carbonyl (C=O) groups excluding carboxylic acids is 3. The first kappa shape index (κ1) is 26.7. The fraction of sp³-hybridized carbons (Fsp3) is 0.333. The van der Waals surface area contributed by atoms with E-state index >= 15 is 0 Å². The second-order valence-electron chi connectivity index (χ2n) is 7.41. The minimum Gasteiger partial charge on any atom is -0.493 e. The Morgan fingerprint density at radius 1 is 1.12 bits per heavy atom. The molecule has 1 unspecified atom stereocenters. The third-order valence-electron chi connectivity index (χ3n) is 4.58. The number of esters is 1. The van der Waals surface area contributed by atoms with Crippen LogP contribution in [0.15, 0.2) is 47.6 Å². The van der Waals surface area contributed by atoms with Crippen molar-refractivity contribution in [3.05, 3.63) is 58.6 Å². The Bertz CT molecular complexity index is 1040. The SMILES string of the molecule is CCOC(=O)COc1ccc(/C=N/NC(=O)C(NC(=O)c2ccccc2Cl)C(C)C)cc1OC. The fourth-order valence-electron chi connectivity index (χ4n) is 2.86. The number of nitrogens with zero attached hydrogens (tertiary/aromatic N) is 1. The highest BCUT2D eigenvalue weighted by Gasteiger charge is 2.25. The lowest BCUT2D eigenvalue weighted by Crippen LogP contribution is -2.48. The van der Waals surface area contributed by atoms with Gasteiger partial charge in [0.1, 0.15) is 6.04 Å². The van der Waals surface area contributed by atoms with Crippen LogP contribution >= 0.6 is 11.6 Å². The van der Waals surface area contributed by atoms with E-state index in [1.54, 1.807) is 63.2 Å². The third-order valence-corrected chi connectivity index (χ3v) is 4.91. The van der Waals surface area contributed by atoms with E-state index in [2.05, 4.69) is 15.8 Å². The number of methoxy groups -OCH3 is 1. The predicted molar refractivity (Wildman–Crippen MR) is 128 cm³/mol. The molecule has 0 aliphatic rings. The van der Waals surface area contributed by atoms with Crippen molar-refractivity contribution in [1.29, 1.82) is 0 Å². The van der Waals surface area contributed by atoms with Crippen LogP contribution in [-0.4, -0.2) is 50.4 Å². The summed E-state index contributed by atoms with van der Waals surface area (Å²) in [6, 6.07) is 10.7. The van der Waals surface area contributed by atoms with Gasteiger partial charge in [-0.2, -0.15) is 5.10 Å². The molecular weight excluding hydrogens is 462 g/mol. The topological polar surface area (TPSA) is 115 Å². The molecule has 2 aromatic carbocycles. The molecule has 9 nitrogen and oxygen atoms in total. The summed E-state index contributed by atoms with van der Waals surface area (Å²) in [6.45, 7) is 5.34. The zero-order valence-corrected chi connectivity index (χ0v) is 20.2. The van der Waals surface area contributed by atoms with E-state index < -0.39 is 23.8 Å². The number of hydrogen-bond donors (Lipinski definition) is 2. The molecule has 2 rings (SSSR count). The van der Waals surface area contributed by atoms with E-state index in [9.17, 15) is 14.4 Å². The molecular formula is C24H28ClN3O6. The van der Waals surface area contributed by atoms with E-state index in [-0.39, 0.29) is 24.7 Å². The summed E-state index contributed by atoms with van der Waals surface area (Å²) in [6.07, 6.45) is 1.42. The van der Waals surface area contributed by atoms with Crippen molar-refractivity contribution in [3.8, 4) is 11.5 Å². The van der Waals surface area contributed by atoms with Gasteiger partial charge in [-0.05, 0) is 48.7 Å². The van der Waals surface area contributed by atoms with Crippen molar-refractivity contribution in [2.75, 3.05) is 20.3 Å². The van der Waals surface area contributed by atoms with E-state index in [4.69, 9.17) is 25.8 Å². The van der Waals surface area contributed by atoms with Crippen molar-refractivity contribution < 1.29 is 28.6 Å². The maximum absolute atomic E-state index is 12.6. The lowest BCUT2D eigenvalue weighted by molar-refractivity contribution is -0.145. The first-order valence-corrected chi connectivity index (χ1v) is 11.0. The monoisotopic (exact) mass is 489 g/mol. The number of amides is 2. The van der Waals surface area contributed by atoms with Crippen molar-refractivity contribution in [2.24, 2.45) is 11.0 Å². The summed E-state index contributed by atoms with van der Waals surface area (Å²) in [5.74, 6) is -0.873. The first-order valence-electron chi connectivity index (χ1n) is 10.6. The van der Waals surface area contributed by atoms with E-state index in [0.717, 1.165) is 0 Å². The molecule has 0 saturated heterocycles. The van der Waals surface area contributed by atoms with Crippen molar-refractivity contribution >= 4 is 35.6 Å². The minimum atomic E-state index is -0.825. The molecule has 2 aromatic rings. The minimum absolute atomic E-state index is 0.197. The lowest BCUT2D eigenvalue weighted by atomic mass is 10.0. The number of halogens is 1. The quantitative estimate of drug-likeness (QED) is 0.284. The van der Waals surface area contributed by atoms with Crippen LogP contribution in [0.5, 0.6) is 11.5 Å². The van der Waals surface area contributed by atoms with Gasteiger partial charge in [-0.15, -0.1) is 0 Å². The molecule has 0 aliphatic heterocycles. The number of benzene rings is 2. The number of hydrogen-bond acceptors (Lipinski definition) is 7. The van der Waals surface area contributed by atoms with Crippen LogP contribution in [-0.2, 0) is 14.3 Å². The van der Waals surface area contributed by atoms with Gasteiger partial charge in [0.2, 0.25) is 0 Å². The molecule has 0 aromatic heterocycles. The lowest BCUT2D eigenvalue weighted by Gasteiger charge is -2.20. The van der Waals surface area contributed by atoms with E-state index in [1.165, 1.54) is 13.3 Å². The average molecular weight is 490 g/mol. The molecule has 182 valence electrons. The van der Waals surface area contributed by atoms with Gasteiger partial charge in [0.15, 0.2) is 18.1 Å². The third kappa shape index (κ3) is 7.77. The fourth-order valence-corrected chi connectivity index (χ4v) is 3.08. The maximum atomic E-state index is 12.6. The average Bonchev–Trinajstić information content (AvgIpc) is 2.81. The van der Waals surface area contributed by atoms with Crippen molar-refractivity contribution in [1.82, 2.24) is 10.7 Å². The van der Waals surface area contributed by atoms with Crippen LogP contribution in [0, 0.1) is 5.92 Å². The van der Waals surface area contributed by atoms with Gasteiger partial charge < -0.3 is 19.5 Å². The van der Waals surface area contributed by atoms with Gasteiger partial charge in [-0.3, -0.25) is 9.59 Å². The summed E-state index contributed by atoms with van der Waals surface area (Å²) in [4.78, 5) is 36.7. The molecule has 0 aliphatic carbocycles. The molecule has 0 bridgehead atoms.